The third kappa shape index (κ3) is 2.31. The number of ether oxygens (including phenoxy) is 1. The molecule has 0 fully saturated rings. The highest BCUT2D eigenvalue weighted by atomic mass is 32.2. The second kappa shape index (κ2) is 3.95. The van der Waals surface area contributed by atoms with E-state index in [1.165, 1.54) is 18.2 Å². The number of hydrogen-bond donors (Lipinski definition) is 0. The van der Waals surface area contributed by atoms with Crippen LogP contribution in [0.5, 0.6) is 0 Å². The molecule has 0 aliphatic carbocycles. The van der Waals surface area contributed by atoms with E-state index in [9.17, 15) is 13.2 Å². The molecule has 1 aliphatic heterocycles. The Hall–Kier alpha value is -1.62. The van der Waals surface area contributed by atoms with E-state index in [4.69, 9.17) is 4.74 Å². The first kappa shape index (κ1) is 12.8. The molecule has 0 saturated carbocycles. The van der Waals surface area contributed by atoms with Crippen molar-refractivity contribution in [1.29, 1.82) is 0 Å². The van der Waals surface area contributed by atoms with Crippen LogP contribution in [0.3, 0.4) is 0 Å². The molecule has 0 radical (unpaired) electrons. The lowest BCUT2D eigenvalue weighted by Gasteiger charge is -2.18. The molecule has 0 spiro atoms. The molecule has 0 aromatic heterocycles. The van der Waals surface area contributed by atoms with Crippen molar-refractivity contribution in [3.05, 3.63) is 35.9 Å². The van der Waals surface area contributed by atoms with Gasteiger partial charge in [0, 0.05) is 17.9 Å². The van der Waals surface area contributed by atoms with Gasteiger partial charge in [0.15, 0.2) is 15.4 Å². The highest BCUT2D eigenvalue weighted by Gasteiger charge is 2.35. The maximum Gasteiger partial charge on any atom is 0.202 e. The third-order valence-corrected chi connectivity index (χ3v) is 3.92. The molecule has 0 atom stereocenters. The SMILES string of the molecule is CC1(C)OC(c2ccc(S(C)(=O)=O)cc2)=CC1=O. The summed E-state index contributed by atoms with van der Waals surface area (Å²) >= 11 is 0. The predicted molar refractivity (Wildman–Crippen MR) is 67.7 cm³/mol. The van der Waals surface area contributed by atoms with Crippen molar-refractivity contribution in [1.82, 2.24) is 0 Å². The van der Waals surface area contributed by atoms with Crippen molar-refractivity contribution < 1.29 is 17.9 Å². The second-order valence-electron chi connectivity index (χ2n) is 4.78. The molecule has 0 unspecified atom stereocenters. The summed E-state index contributed by atoms with van der Waals surface area (Å²) in [5, 5.41) is 0. The Kier molecular flexibility index (Phi) is 2.81. The molecule has 0 N–H and O–H groups in total. The zero-order chi connectivity index (χ0) is 13.6. The maximum absolute atomic E-state index is 11.6. The quantitative estimate of drug-likeness (QED) is 0.819. The van der Waals surface area contributed by atoms with Gasteiger partial charge >= 0.3 is 0 Å². The van der Waals surface area contributed by atoms with Crippen LogP contribution in [0.4, 0.5) is 0 Å². The number of carbonyl (C=O) groups excluding carboxylic acids is 1. The average Bonchev–Trinajstić information content (AvgIpc) is 2.53. The second-order valence-corrected chi connectivity index (χ2v) is 6.80. The summed E-state index contributed by atoms with van der Waals surface area (Å²) in [7, 11) is -3.20. The van der Waals surface area contributed by atoms with Crippen LogP contribution < -0.4 is 0 Å². The predicted octanol–water partition coefficient (Wildman–Crippen LogP) is 1.81. The molecule has 4 nitrogen and oxygen atoms in total. The monoisotopic (exact) mass is 266 g/mol. The smallest absolute Gasteiger partial charge is 0.202 e. The van der Waals surface area contributed by atoms with E-state index in [0.29, 0.717) is 11.3 Å². The highest BCUT2D eigenvalue weighted by Crippen LogP contribution is 2.31. The zero-order valence-corrected chi connectivity index (χ0v) is 11.2. The van der Waals surface area contributed by atoms with Crippen molar-refractivity contribution in [2.24, 2.45) is 0 Å². The van der Waals surface area contributed by atoms with Crippen LogP contribution in [0.25, 0.3) is 5.76 Å². The lowest BCUT2D eigenvalue weighted by molar-refractivity contribution is -0.125. The average molecular weight is 266 g/mol. The van der Waals surface area contributed by atoms with Gasteiger partial charge in [-0.2, -0.15) is 0 Å². The minimum atomic E-state index is -3.20. The van der Waals surface area contributed by atoms with Crippen LogP contribution in [0, 0.1) is 0 Å². The molecular formula is C13H14O4S. The molecule has 0 saturated heterocycles. The number of hydrogen-bond acceptors (Lipinski definition) is 4. The van der Waals surface area contributed by atoms with E-state index in [1.54, 1.807) is 26.0 Å². The zero-order valence-electron chi connectivity index (χ0n) is 10.4. The van der Waals surface area contributed by atoms with Gasteiger partial charge < -0.3 is 4.74 Å². The first-order valence-corrected chi connectivity index (χ1v) is 7.35. The van der Waals surface area contributed by atoms with Crippen LogP contribution in [-0.2, 0) is 19.4 Å². The van der Waals surface area contributed by atoms with Gasteiger partial charge in [0.05, 0.1) is 4.90 Å². The van der Waals surface area contributed by atoms with Crippen LogP contribution in [-0.4, -0.2) is 26.1 Å². The Bertz CT molecular complexity index is 621. The van der Waals surface area contributed by atoms with E-state index in [1.807, 2.05) is 0 Å². The first-order chi connectivity index (χ1) is 8.20. The summed E-state index contributed by atoms with van der Waals surface area (Å²) < 4.78 is 28.2. The first-order valence-electron chi connectivity index (χ1n) is 5.46. The van der Waals surface area contributed by atoms with Crippen LogP contribution in [0.2, 0.25) is 0 Å². The fourth-order valence-corrected chi connectivity index (χ4v) is 2.29. The number of rotatable bonds is 2. The topological polar surface area (TPSA) is 60.4 Å². The molecule has 1 aromatic rings. The summed E-state index contributed by atoms with van der Waals surface area (Å²) in [5.41, 5.74) is -0.147. The van der Waals surface area contributed by atoms with Crippen molar-refractivity contribution in [2.75, 3.05) is 6.26 Å². The van der Waals surface area contributed by atoms with E-state index in [0.717, 1.165) is 6.26 Å². The molecule has 2 rings (SSSR count). The summed E-state index contributed by atoms with van der Waals surface area (Å²) in [6.07, 6.45) is 2.59. The molecular weight excluding hydrogens is 252 g/mol. The third-order valence-electron chi connectivity index (χ3n) is 2.79. The molecule has 1 aromatic carbocycles. The van der Waals surface area contributed by atoms with Crippen LogP contribution in [0.15, 0.2) is 35.2 Å². The van der Waals surface area contributed by atoms with Gasteiger partial charge in [0.2, 0.25) is 5.78 Å². The number of sulfone groups is 1. The molecule has 1 aliphatic rings. The Morgan fingerprint density at radius 2 is 1.67 bits per heavy atom. The summed E-state index contributed by atoms with van der Waals surface area (Å²) in [5.74, 6) is 0.384. The van der Waals surface area contributed by atoms with Gasteiger partial charge in [-0.15, -0.1) is 0 Å². The normalized spacial score (nSPS) is 18.4. The van der Waals surface area contributed by atoms with Gasteiger partial charge in [0.25, 0.3) is 0 Å². The Labute approximate surface area is 106 Å². The molecule has 18 heavy (non-hydrogen) atoms. The Balaban J connectivity index is 2.33. The summed E-state index contributed by atoms with van der Waals surface area (Å²) in [6, 6.07) is 6.28. The van der Waals surface area contributed by atoms with E-state index in [2.05, 4.69) is 0 Å². The Morgan fingerprint density at radius 3 is 2.06 bits per heavy atom. The van der Waals surface area contributed by atoms with Crippen LogP contribution >= 0.6 is 0 Å². The van der Waals surface area contributed by atoms with Crippen molar-refractivity contribution in [2.45, 2.75) is 24.3 Å². The summed E-state index contributed by atoms with van der Waals surface area (Å²) in [4.78, 5) is 11.9. The minimum Gasteiger partial charge on any atom is -0.479 e. The Morgan fingerprint density at radius 1 is 1.11 bits per heavy atom. The van der Waals surface area contributed by atoms with Gasteiger partial charge in [-0.1, -0.05) is 0 Å². The molecule has 0 bridgehead atoms. The lowest BCUT2D eigenvalue weighted by atomic mass is 10.1. The molecule has 96 valence electrons. The highest BCUT2D eigenvalue weighted by molar-refractivity contribution is 7.90. The number of carbonyl (C=O) groups is 1. The molecule has 5 heteroatoms. The molecule has 0 amide bonds. The van der Waals surface area contributed by atoms with Crippen molar-refractivity contribution >= 4 is 21.4 Å². The minimum absolute atomic E-state index is 0.0929. The van der Waals surface area contributed by atoms with Crippen LogP contribution in [0.1, 0.15) is 19.4 Å². The van der Waals surface area contributed by atoms with Gasteiger partial charge in [-0.05, 0) is 38.1 Å². The van der Waals surface area contributed by atoms with Gasteiger partial charge in [-0.3, -0.25) is 4.79 Å². The van der Waals surface area contributed by atoms with E-state index in [-0.39, 0.29) is 10.7 Å². The summed E-state index contributed by atoms with van der Waals surface area (Å²) in [6.45, 7) is 3.40. The standard InChI is InChI=1S/C13H14O4S/c1-13(2)12(14)8-11(17-13)9-4-6-10(7-5-9)18(3,15)16/h4-8H,1-3H3. The van der Waals surface area contributed by atoms with Crippen molar-refractivity contribution in [3.63, 3.8) is 0 Å². The number of benzene rings is 1. The maximum atomic E-state index is 11.6. The largest absolute Gasteiger partial charge is 0.479 e. The number of ketones is 1. The fraction of sp³-hybridized carbons (Fsp3) is 0.308. The van der Waals surface area contributed by atoms with E-state index >= 15 is 0 Å². The van der Waals surface area contributed by atoms with Gasteiger partial charge in [0.1, 0.15) is 5.76 Å². The van der Waals surface area contributed by atoms with E-state index < -0.39 is 15.4 Å². The molecule has 1 heterocycles. The fourth-order valence-electron chi connectivity index (χ4n) is 1.66. The van der Waals surface area contributed by atoms with Gasteiger partial charge in [-0.25, -0.2) is 8.42 Å². The lowest BCUT2D eigenvalue weighted by Crippen LogP contribution is -2.27. The van der Waals surface area contributed by atoms with Crippen molar-refractivity contribution in [3.8, 4) is 0 Å².